The van der Waals surface area contributed by atoms with Gasteiger partial charge in [0.1, 0.15) is 5.75 Å². The number of carbonyl (C=O) groups is 3. The maximum atomic E-state index is 14.1. The molecular formula is C37H32F3N3O7S2. The molecule has 15 heteroatoms. The number of rotatable bonds is 9. The van der Waals surface area contributed by atoms with Crippen LogP contribution < -0.4 is 29.3 Å². The van der Waals surface area contributed by atoms with Gasteiger partial charge < -0.3 is 24.5 Å². The van der Waals surface area contributed by atoms with Crippen LogP contribution in [-0.4, -0.2) is 48.3 Å². The minimum Gasteiger partial charge on any atom is -0.497 e. The lowest BCUT2D eigenvalue weighted by Crippen LogP contribution is -2.42. The van der Waals surface area contributed by atoms with Crippen LogP contribution in [-0.2, 0) is 20.6 Å². The standard InChI is InChI=1S/C37H32F3N3O7S2/c1-3-49-25-14-17(8-13-24(25)50-16-26(44)41-23-7-5-4-6-22(23)37(38,39)40)27-28-20-15-21(31(28)51-33-32(27)52-36(47)42-33)30-29(20)34(45)43(35(30)46)18-9-11-19(48-2)12-10-18/h4-14,20-21,27-31H,3,15-16H2,1-2H3,(H,41,44)(H,42,47)/t20-,21-,27-,28?,29?,30?,31?/m1/s1. The molecule has 3 aromatic carbocycles. The van der Waals surface area contributed by atoms with E-state index >= 15 is 0 Å². The quantitative estimate of drug-likeness (QED) is 0.184. The highest BCUT2D eigenvalue weighted by Gasteiger charge is 2.69. The smallest absolute Gasteiger partial charge is 0.418 e. The van der Waals surface area contributed by atoms with Crippen LogP contribution in [0.3, 0.4) is 0 Å². The van der Waals surface area contributed by atoms with Crippen LogP contribution in [0.15, 0.2) is 76.6 Å². The highest BCUT2D eigenvalue weighted by atomic mass is 32.2. The number of alkyl halides is 3. The van der Waals surface area contributed by atoms with Crippen LogP contribution in [0.5, 0.6) is 17.2 Å². The number of anilines is 2. The van der Waals surface area contributed by atoms with Crippen molar-refractivity contribution in [3.05, 3.63) is 92.4 Å². The number of halogens is 3. The van der Waals surface area contributed by atoms with Gasteiger partial charge in [0.2, 0.25) is 11.8 Å². The Bertz CT molecular complexity index is 2140. The summed E-state index contributed by atoms with van der Waals surface area (Å²) in [6.45, 7) is 1.47. The van der Waals surface area contributed by atoms with E-state index in [-0.39, 0.29) is 63.7 Å². The minimum absolute atomic E-state index is 0.0312. The predicted octanol–water partition coefficient (Wildman–Crippen LogP) is 6.56. The summed E-state index contributed by atoms with van der Waals surface area (Å²) < 4.78 is 57.4. The first-order chi connectivity index (χ1) is 25.0. The Morgan fingerprint density at radius 2 is 1.69 bits per heavy atom. The largest absolute Gasteiger partial charge is 0.497 e. The van der Waals surface area contributed by atoms with Crippen LogP contribution in [0.1, 0.15) is 35.3 Å². The first-order valence-corrected chi connectivity index (χ1v) is 18.4. The summed E-state index contributed by atoms with van der Waals surface area (Å²) in [5.41, 5.74) is -0.0192. The van der Waals surface area contributed by atoms with Gasteiger partial charge in [0, 0.05) is 16.0 Å². The van der Waals surface area contributed by atoms with Gasteiger partial charge in [-0.05, 0) is 85.2 Å². The van der Waals surface area contributed by atoms with Crippen molar-refractivity contribution in [3.63, 3.8) is 0 Å². The average Bonchev–Trinajstić information content (AvgIpc) is 3.86. The maximum absolute atomic E-state index is 14.1. The molecule has 3 heterocycles. The summed E-state index contributed by atoms with van der Waals surface area (Å²) in [4.78, 5) is 58.5. The Balaban J connectivity index is 1.08. The molecule has 2 N–H and O–H groups in total. The number of hydrogen-bond acceptors (Lipinski definition) is 9. The molecule has 0 radical (unpaired) electrons. The molecule has 52 heavy (non-hydrogen) atoms. The number of nitrogens with one attached hydrogen (secondary N) is 2. The number of H-pyrrole nitrogens is 1. The van der Waals surface area contributed by atoms with Gasteiger partial charge in [-0.1, -0.05) is 29.5 Å². The summed E-state index contributed by atoms with van der Waals surface area (Å²) in [5, 5.41) is 3.00. The molecule has 3 fully saturated rings. The fraction of sp³-hybridized carbons (Fsp3) is 0.351. The molecule has 2 bridgehead atoms. The number of aromatic amines is 1. The second-order valence-corrected chi connectivity index (χ2v) is 15.4. The van der Waals surface area contributed by atoms with E-state index < -0.39 is 36.1 Å². The van der Waals surface area contributed by atoms with Gasteiger partial charge in [-0.2, -0.15) is 13.2 Å². The Kier molecular flexibility index (Phi) is 8.60. The second kappa shape index (κ2) is 13.0. The van der Waals surface area contributed by atoms with E-state index in [1.165, 1.54) is 23.1 Å². The number of carbonyl (C=O) groups excluding carboxylic acids is 3. The van der Waals surface area contributed by atoms with Crippen molar-refractivity contribution in [2.75, 3.05) is 30.5 Å². The first-order valence-electron chi connectivity index (χ1n) is 16.8. The van der Waals surface area contributed by atoms with Gasteiger partial charge in [-0.3, -0.25) is 24.1 Å². The van der Waals surface area contributed by atoms with E-state index in [0.29, 0.717) is 23.6 Å². The van der Waals surface area contributed by atoms with Crippen LogP contribution in [0.2, 0.25) is 0 Å². The molecule has 270 valence electrons. The lowest BCUT2D eigenvalue weighted by Gasteiger charge is -2.43. The lowest BCUT2D eigenvalue weighted by molar-refractivity contribution is -0.137. The second-order valence-electron chi connectivity index (χ2n) is 13.2. The summed E-state index contributed by atoms with van der Waals surface area (Å²) in [6.07, 6.45) is -3.93. The molecule has 1 saturated heterocycles. The molecule has 7 atom stereocenters. The zero-order chi connectivity index (χ0) is 36.5. The lowest BCUT2D eigenvalue weighted by atomic mass is 9.68. The van der Waals surface area contributed by atoms with E-state index in [2.05, 4.69) is 10.3 Å². The Hall–Kier alpha value is -4.76. The van der Waals surface area contributed by atoms with Crippen molar-refractivity contribution in [1.82, 2.24) is 4.98 Å². The number of benzene rings is 3. The third-order valence-electron chi connectivity index (χ3n) is 10.5. The van der Waals surface area contributed by atoms with Crippen molar-refractivity contribution in [3.8, 4) is 17.2 Å². The van der Waals surface area contributed by atoms with Crippen molar-refractivity contribution >= 4 is 52.2 Å². The van der Waals surface area contributed by atoms with E-state index in [9.17, 15) is 32.3 Å². The fourth-order valence-corrected chi connectivity index (χ4v) is 11.5. The maximum Gasteiger partial charge on any atom is 0.418 e. The number of amides is 3. The summed E-state index contributed by atoms with van der Waals surface area (Å²) in [7, 11) is 1.55. The molecule has 2 aliphatic heterocycles. The zero-order valence-electron chi connectivity index (χ0n) is 27.8. The topological polar surface area (TPSA) is 127 Å². The summed E-state index contributed by atoms with van der Waals surface area (Å²) in [6, 6.07) is 16.9. The van der Waals surface area contributed by atoms with Crippen molar-refractivity contribution < 1.29 is 41.8 Å². The molecular weight excluding hydrogens is 720 g/mol. The molecule has 8 rings (SSSR count). The number of ether oxygens (including phenoxy) is 3. The molecule has 2 aliphatic carbocycles. The fourth-order valence-electron chi connectivity index (χ4n) is 8.65. The monoisotopic (exact) mass is 751 g/mol. The van der Waals surface area contributed by atoms with Crippen molar-refractivity contribution in [2.24, 2.45) is 29.6 Å². The molecule has 1 aromatic heterocycles. The number of fused-ring (bicyclic) bond motifs is 9. The van der Waals surface area contributed by atoms with Gasteiger partial charge in [0.05, 0.1) is 47.5 Å². The number of hydrogen-bond donors (Lipinski definition) is 2. The summed E-state index contributed by atoms with van der Waals surface area (Å²) in [5.74, 6) is -1.53. The Morgan fingerprint density at radius 3 is 2.40 bits per heavy atom. The molecule has 3 amide bonds. The molecule has 4 unspecified atom stereocenters. The van der Waals surface area contributed by atoms with E-state index in [0.717, 1.165) is 32.9 Å². The van der Waals surface area contributed by atoms with Crippen LogP contribution in [0.25, 0.3) is 0 Å². The number of methoxy groups -OCH3 is 1. The number of para-hydroxylation sites is 1. The molecule has 0 spiro atoms. The Morgan fingerprint density at radius 1 is 0.962 bits per heavy atom. The number of thioether (sulfide) groups is 1. The average molecular weight is 752 g/mol. The van der Waals surface area contributed by atoms with Crippen LogP contribution in [0, 0.1) is 29.6 Å². The number of imide groups is 1. The van der Waals surface area contributed by atoms with Crippen molar-refractivity contribution in [2.45, 2.75) is 35.7 Å². The minimum atomic E-state index is -4.65. The molecule has 4 aromatic rings. The Labute approximate surface area is 303 Å². The summed E-state index contributed by atoms with van der Waals surface area (Å²) >= 11 is 2.71. The first kappa shape index (κ1) is 34.3. The van der Waals surface area contributed by atoms with Gasteiger partial charge in [-0.25, -0.2) is 0 Å². The third-order valence-corrected chi connectivity index (χ3v) is 13.1. The number of thiazole rings is 1. The van der Waals surface area contributed by atoms with Gasteiger partial charge in [-0.15, -0.1) is 11.8 Å². The van der Waals surface area contributed by atoms with Crippen LogP contribution >= 0.6 is 23.1 Å². The number of aromatic nitrogens is 1. The number of nitrogens with zero attached hydrogens (tertiary/aromatic N) is 1. The van der Waals surface area contributed by atoms with E-state index in [4.69, 9.17) is 14.2 Å². The molecule has 10 nitrogen and oxygen atoms in total. The predicted molar refractivity (Wildman–Crippen MR) is 187 cm³/mol. The normalized spacial score (nSPS) is 25.8. The van der Waals surface area contributed by atoms with Crippen LogP contribution in [0.4, 0.5) is 24.5 Å². The van der Waals surface area contributed by atoms with E-state index in [1.807, 2.05) is 6.07 Å². The van der Waals surface area contributed by atoms with Gasteiger partial charge in [0.15, 0.2) is 18.1 Å². The highest BCUT2D eigenvalue weighted by molar-refractivity contribution is 8.00. The van der Waals surface area contributed by atoms with Gasteiger partial charge >= 0.3 is 11.0 Å². The van der Waals surface area contributed by atoms with Gasteiger partial charge in [0.25, 0.3) is 5.91 Å². The van der Waals surface area contributed by atoms with E-state index in [1.54, 1.807) is 62.2 Å². The molecule has 4 aliphatic rings. The SMILES string of the molecule is CCOc1cc([C@H]2c3sc(=O)[nH]c3SC3C2[C@H]2C[C@@H]3C3C(=O)N(c4ccc(OC)cc4)C(=O)C32)ccc1OCC(=O)Nc1ccccc1C(F)(F)F. The third kappa shape index (κ3) is 5.65. The molecule has 2 saturated carbocycles. The highest BCUT2D eigenvalue weighted by Crippen LogP contribution is 2.69. The van der Waals surface area contributed by atoms with Crippen molar-refractivity contribution in [1.29, 1.82) is 0 Å². The zero-order valence-corrected chi connectivity index (χ0v) is 29.4.